The molecule has 3 rings (SSSR count). The Morgan fingerprint density at radius 2 is 1.93 bits per heavy atom. The molecule has 0 aliphatic carbocycles. The van der Waals surface area contributed by atoms with Gasteiger partial charge in [0.25, 0.3) is 5.91 Å². The third-order valence-corrected chi connectivity index (χ3v) is 4.66. The second-order valence-electron chi connectivity index (χ2n) is 6.67. The third kappa shape index (κ3) is 3.58. The molecule has 1 heterocycles. The van der Waals surface area contributed by atoms with Gasteiger partial charge >= 0.3 is 6.03 Å². The van der Waals surface area contributed by atoms with Gasteiger partial charge in [0.15, 0.2) is 0 Å². The number of carbonyl (C=O) groups is 3. The minimum atomic E-state index is -1.80. The summed E-state index contributed by atoms with van der Waals surface area (Å²) < 4.78 is 27.7. The number of amides is 4. The fourth-order valence-electron chi connectivity index (χ4n) is 3.12. The van der Waals surface area contributed by atoms with Crippen LogP contribution in [0.3, 0.4) is 0 Å². The molecular weight excluding hydrogens is 368 g/mol. The molecule has 8 heteroatoms. The molecule has 1 saturated heterocycles. The van der Waals surface area contributed by atoms with Crippen molar-refractivity contribution in [2.45, 2.75) is 25.8 Å². The van der Waals surface area contributed by atoms with Gasteiger partial charge in [-0.25, -0.2) is 13.6 Å². The molecule has 1 aliphatic heterocycles. The molecule has 2 aromatic rings. The highest BCUT2D eigenvalue weighted by Crippen LogP contribution is 2.31. The van der Waals surface area contributed by atoms with Crippen molar-refractivity contribution in [2.24, 2.45) is 0 Å². The average Bonchev–Trinajstić information content (AvgIpc) is 2.87. The van der Waals surface area contributed by atoms with E-state index in [0.29, 0.717) is 10.6 Å². The highest BCUT2D eigenvalue weighted by Gasteiger charge is 2.50. The van der Waals surface area contributed by atoms with Crippen LogP contribution in [0, 0.1) is 11.6 Å². The monoisotopic (exact) mass is 387 g/mol. The fraction of sp³-hybridized carbons (Fsp3) is 0.250. The van der Waals surface area contributed by atoms with Crippen LogP contribution in [-0.4, -0.2) is 29.3 Å². The summed E-state index contributed by atoms with van der Waals surface area (Å²) in [5.74, 6) is -2.99. The maximum Gasteiger partial charge on any atom is 0.325 e. The van der Waals surface area contributed by atoms with Crippen LogP contribution in [0.25, 0.3) is 0 Å². The lowest BCUT2D eigenvalue weighted by atomic mass is 9.91. The summed E-state index contributed by atoms with van der Waals surface area (Å²) in [6.45, 7) is 2.70. The first-order valence-corrected chi connectivity index (χ1v) is 8.73. The standard InChI is InChI=1S/C20H19F2N3O3/c1-3-12-5-4-6-14(9-12)23-17(26)11-25-18(27)20(2,24-19(25)28)15-10-13(21)7-8-16(15)22/h4-10H,3,11H2,1-2H3,(H,23,26)(H,24,28)/t20-/m1/s1. The first-order valence-electron chi connectivity index (χ1n) is 8.73. The van der Waals surface area contributed by atoms with Crippen LogP contribution < -0.4 is 10.6 Å². The second-order valence-corrected chi connectivity index (χ2v) is 6.67. The number of nitrogens with zero attached hydrogens (tertiary/aromatic N) is 1. The Hall–Kier alpha value is -3.29. The van der Waals surface area contributed by atoms with Gasteiger partial charge in [-0.3, -0.25) is 14.5 Å². The highest BCUT2D eigenvalue weighted by atomic mass is 19.1. The number of aryl methyl sites for hydroxylation is 1. The molecule has 1 fully saturated rings. The Kier molecular flexibility index (Phi) is 5.13. The minimum Gasteiger partial charge on any atom is -0.325 e. The zero-order valence-corrected chi connectivity index (χ0v) is 15.4. The van der Waals surface area contributed by atoms with Gasteiger partial charge in [-0.05, 0) is 49.2 Å². The number of hydrogen-bond acceptors (Lipinski definition) is 3. The molecule has 0 aromatic heterocycles. The minimum absolute atomic E-state index is 0.301. The molecule has 0 unspecified atom stereocenters. The Morgan fingerprint density at radius 1 is 1.18 bits per heavy atom. The summed E-state index contributed by atoms with van der Waals surface area (Å²) in [5, 5.41) is 4.98. The molecule has 0 radical (unpaired) electrons. The van der Waals surface area contributed by atoms with Gasteiger partial charge in [0.05, 0.1) is 0 Å². The SMILES string of the molecule is CCc1cccc(NC(=O)CN2C(=O)N[C@](C)(c3cc(F)ccc3F)C2=O)c1. The maximum absolute atomic E-state index is 14.1. The Labute approximate surface area is 160 Å². The Balaban J connectivity index is 1.78. The molecule has 0 bridgehead atoms. The van der Waals surface area contributed by atoms with Crippen molar-refractivity contribution < 1.29 is 23.2 Å². The van der Waals surface area contributed by atoms with Crippen molar-refractivity contribution >= 4 is 23.5 Å². The normalized spacial score (nSPS) is 18.9. The fourth-order valence-corrected chi connectivity index (χ4v) is 3.12. The zero-order valence-electron chi connectivity index (χ0n) is 15.4. The third-order valence-electron chi connectivity index (χ3n) is 4.66. The number of halogens is 2. The van der Waals surface area contributed by atoms with E-state index in [-0.39, 0.29) is 5.56 Å². The summed E-state index contributed by atoms with van der Waals surface area (Å²) in [5.41, 5.74) is -0.548. The van der Waals surface area contributed by atoms with Crippen LogP contribution in [0.2, 0.25) is 0 Å². The number of carbonyl (C=O) groups excluding carboxylic acids is 3. The number of urea groups is 1. The number of rotatable bonds is 5. The lowest BCUT2D eigenvalue weighted by Gasteiger charge is -2.22. The molecular formula is C20H19F2N3O3. The predicted molar refractivity (Wildman–Crippen MR) is 98.4 cm³/mol. The van der Waals surface area contributed by atoms with E-state index in [2.05, 4.69) is 10.6 Å². The number of nitrogens with one attached hydrogen (secondary N) is 2. The van der Waals surface area contributed by atoms with Crippen molar-refractivity contribution in [1.29, 1.82) is 0 Å². The molecule has 1 atom stereocenters. The van der Waals surface area contributed by atoms with Crippen molar-refractivity contribution in [1.82, 2.24) is 10.2 Å². The predicted octanol–water partition coefficient (Wildman–Crippen LogP) is 2.93. The maximum atomic E-state index is 14.1. The number of hydrogen-bond donors (Lipinski definition) is 2. The smallest absolute Gasteiger partial charge is 0.325 e. The van der Waals surface area contributed by atoms with E-state index in [1.807, 2.05) is 13.0 Å². The van der Waals surface area contributed by atoms with Gasteiger partial charge in [-0.15, -0.1) is 0 Å². The van der Waals surface area contributed by atoms with Crippen LogP contribution in [0.5, 0.6) is 0 Å². The van der Waals surface area contributed by atoms with E-state index >= 15 is 0 Å². The van der Waals surface area contributed by atoms with E-state index < -0.39 is 41.6 Å². The van der Waals surface area contributed by atoms with E-state index in [1.165, 1.54) is 6.92 Å². The van der Waals surface area contributed by atoms with E-state index in [9.17, 15) is 23.2 Å². The van der Waals surface area contributed by atoms with E-state index in [1.54, 1.807) is 18.2 Å². The molecule has 0 saturated carbocycles. The van der Waals surface area contributed by atoms with Crippen molar-refractivity contribution in [3.8, 4) is 0 Å². The van der Waals surface area contributed by atoms with Crippen LogP contribution in [0.15, 0.2) is 42.5 Å². The number of benzene rings is 2. The van der Waals surface area contributed by atoms with Crippen LogP contribution in [0.4, 0.5) is 19.3 Å². The summed E-state index contributed by atoms with van der Waals surface area (Å²) >= 11 is 0. The first kappa shape index (κ1) is 19.5. The average molecular weight is 387 g/mol. The largest absolute Gasteiger partial charge is 0.325 e. The first-order chi connectivity index (χ1) is 13.2. The topological polar surface area (TPSA) is 78.5 Å². The summed E-state index contributed by atoms with van der Waals surface area (Å²) in [4.78, 5) is 38.0. The summed E-state index contributed by atoms with van der Waals surface area (Å²) in [6.07, 6.45) is 0.786. The van der Waals surface area contributed by atoms with Crippen LogP contribution >= 0.6 is 0 Å². The van der Waals surface area contributed by atoms with Gasteiger partial charge in [0, 0.05) is 11.3 Å². The molecule has 2 aromatic carbocycles. The molecule has 0 spiro atoms. The highest BCUT2D eigenvalue weighted by molar-refractivity contribution is 6.10. The molecule has 146 valence electrons. The van der Waals surface area contributed by atoms with Gasteiger partial charge < -0.3 is 10.6 Å². The van der Waals surface area contributed by atoms with Crippen molar-refractivity contribution in [2.75, 3.05) is 11.9 Å². The molecule has 1 aliphatic rings. The summed E-state index contributed by atoms with van der Waals surface area (Å²) in [6, 6.07) is 8.97. The van der Waals surface area contributed by atoms with Gasteiger partial charge in [-0.1, -0.05) is 19.1 Å². The van der Waals surface area contributed by atoms with E-state index in [4.69, 9.17) is 0 Å². The van der Waals surface area contributed by atoms with Crippen molar-refractivity contribution in [3.05, 3.63) is 65.2 Å². The van der Waals surface area contributed by atoms with Gasteiger partial charge in [0.1, 0.15) is 23.7 Å². The Morgan fingerprint density at radius 3 is 2.64 bits per heavy atom. The number of imide groups is 1. The molecule has 28 heavy (non-hydrogen) atoms. The van der Waals surface area contributed by atoms with Gasteiger partial charge in [0.2, 0.25) is 5.91 Å². The molecule has 2 N–H and O–H groups in total. The summed E-state index contributed by atoms with van der Waals surface area (Å²) in [7, 11) is 0. The number of anilines is 1. The van der Waals surface area contributed by atoms with Crippen molar-refractivity contribution in [3.63, 3.8) is 0 Å². The molecule has 4 amide bonds. The van der Waals surface area contributed by atoms with Gasteiger partial charge in [-0.2, -0.15) is 0 Å². The zero-order chi connectivity index (χ0) is 20.5. The van der Waals surface area contributed by atoms with Crippen LogP contribution in [0.1, 0.15) is 25.0 Å². The van der Waals surface area contributed by atoms with Crippen LogP contribution in [-0.2, 0) is 21.5 Å². The Bertz CT molecular complexity index is 963. The lowest BCUT2D eigenvalue weighted by Crippen LogP contribution is -2.42. The second kappa shape index (κ2) is 7.38. The quantitative estimate of drug-likeness (QED) is 0.775. The lowest BCUT2D eigenvalue weighted by molar-refractivity contribution is -0.133. The van der Waals surface area contributed by atoms with E-state index in [0.717, 1.165) is 30.2 Å². The molecule has 6 nitrogen and oxygen atoms in total.